The van der Waals surface area contributed by atoms with Crippen LogP contribution in [-0.4, -0.2) is 45.4 Å². The average Bonchev–Trinajstić information content (AvgIpc) is 3.21. The van der Waals surface area contributed by atoms with Crippen molar-refractivity contribution in [1.82, 2.24) is 4.57 Å². The number of para-hydroxylation sites is 1. The first kappa shape index (κ1) is 38.3. The first-order chi connectivity index (χ1) is 19.7. The molecule has 0 aliphatic rings. The van der Waals surface area contributed by atoms with E-state index in [2.05, 4.69) is 0 Å². The van der Waals surface area contributed by atoms with E-state index < -0.39 is 30.6 Å². The zero-order chi connectivity index (χ0) is 31.6. The third kappa shape index (κ3) is 12.4. The molecule has 224 valence electrons. The Hall–Kier alpha value is -2.77. The van der Waals surface area contributed by atoms with Gasteiger partial charge in [-0.15, -0.1) is 0 Å². The molecule has 3 aromatic carbocycles. The Balaban J connectivity index is 0.000000320. The summed E-state index contributed by atoms with van der Waals surface area (Å²) in [5, 5.41) is 29.0. The third-order valence-corrected chi connectivity index (χ3v) is 6.92. The van der Waals surface area contributed by atoms with Crippen LogP contribution in [0.3, 0.4) is 0 Å². The van der Waals surface area contributed by atoms with Crippen LogP contribution in [0.2, 0.25) is 15.1 Å². The van der Waals surface area contributed by atoms with Crippen molar-refractivity contribution in [2.24, 2.45) is 0 Å². The number of carboxylic acids is 3. The largest absolute Gasteiger partial charge is 1.00 e. The maximum absolute atomic E-state index is 11.5. The minimum absolute atomic E-state index is 0. The molecule has 4 aromatic rings. The van der Waals surface area contributed by atoms with Crippen molar-refractivity contribution in [2.75, 3.05) is 6.61 Å². The number of hydrogen-bond acceptors (Lipinski definition) is 8. The van der Waals surface area contributed by atoms with E-state index in [4.69, 9.17) is 54.5 Å². The number of nitrogens with zero attached hydrogens (tertiary/aromatic N) is 1. The number of fused-ring (bicyclic) bond motifs is 1. The van der Waals surface area contributed by atoms with Crippen LogP contribution in [0.4, 0.5) is 0 Å². The first-order valence-corrected chi connectivity index (χ1v) is 13.9. The zero-order valence-electron chi connectivity index (χ0n) is 23.4. The zero-order valence-corrected chi connectivity index (χ0v) is 28.5. The molecular formula is C28H25Cl3NNaO9S. The third-order valence-electron chi connectivity index (χ3n) is 5.20. The Morgan fingerprint density at radius 3 is 2.00 bits per heavy atom. The molecule has 0 amide bonds. The quantitative estimate of drug-likeness (QED) is 0.266. The van der Waals surface area contributed by atoms with Gasteiger partial charge in [-0.1, -0.05) is 52.2 Å². The number of thiazole rings is 1. The Kier molecular flexibility index (Phi) is 16.1. The van der Waals surface area contributed by atoms with Gasteiger partial charge in [0.15, 0.2) is 6.10 Å². The van der Waals surface area contributed by atoms with Gasteiger partial charge in [0.25, 0.3) is 0 Å². The van der Waals surface area contributed by atoms with Crippen LogP contribution in [0.15, 0.2) is 59.4 Å². The molecule has 2 N–H and O–H groups in total. The fourth-order valence-corrected chi connectivity index (χ4v) is 4.96. The van der Waals surface area contributed by atoms with Gasteiger partial charge in [0.2, 0.25) is 0 Å². The summed E-state index contributed by atoms with van der Waals surface area (Å²) in [5.41, 5.74) is 2.12. The van der Waals surface area contributed by atoms with Gasteiger partial charge in [-0.25, -0.2) is 4.79 Å². The fraction of sp³-hybridized carbons (Fsp3) is 0.214. The Morgan fingerprint density at radius 2 is 1.51 bits per heavy atom. The van der Waals surface area contributed by atoms with Crippen LogP contribution in [0.5, 0.6) is 11.5 Å². The monoisotopic (exact) mass is 679 g/mol. The summed E-state index contributed by atoms with van der Waals surface area (Å²) in [5.74, 6) is -2.23. The number of ether oxygens (including phenoxy) is 2. The van der Waals surface area contributed by atoms with Crippen molar-refractivity contribution in [3.05, 3.63) is 90.5 Å². The molecule has 0 aliphatic heterocycles. The summed E-state index contributed by atoms with van der Waals surface area (Å²) in [6.07, 6.45) is -0.852. The first-order valence-electron chi connectivity index (χ1n) is 11.9. The van der Waals surface area contributed by atoms with Gasteiger partial charge in [0.1, 0.15) is 24.7 Å². The summed E-state index contributed by atoms with van der Waals surface area (Å²) >= 11 is 18.3. The summed E-state index contributed by atoms with van der Waals surface area (Å²) in [6, 6.07) is 15.1. The van der Waals surface area contributed by atoms with Gasteiger partial charge < -0.3 is 29.6 Å². The number of aromatic nitrogens is 1. The fourth-order valence-electron chi connectivity index (χ4n) is 3.26. The molecule has 0 spiro atoms. The van der Waals surface area contributed by atoms with Crippen LogP contribution in [0.25, 0.3) is 10.2 Å². The van der Waals surface area contributed by atoms with Gasteiger partial charge in [-0.05, 0) is 80.4 Å². The molecule has 1 unspecified atom stereocenters. The van der Waals surface area contributed by atoms with Crippen LogP contribution in [-0.2, 0) is 20.9 Å². The van der Waals surface area contributed by atoms with Gasteiger partial charge in [-0.3, -0.25) is 14.2 Å². The van der Waals surface area contributed by atoms with E-state index in [1.54, 1.807) is 61.5 Å². The molecule has 1 atom stereocenters. The molecule has 43 heavy (non-hydrogen) atoms. The van der Waals surface area contributed by atoms with Crippen molar-refractivity contribution >= 4 is 74.3 Å². The number of halogens is 3. The molecule has 1 heterocycles. The molecule has 4 rings (SSSR count). The van der Waals surface area contributed by atoms with Gasteiger partial charge in [0, 0.05) is 10.0 Å². The predicted molar refractivity (Wildman–Crippen MR) is 159 cm³/mol. The van der Waals surface area contributed by atoms with Crippen molar-refractivity contribution < 1.29 is 68.7 Å². The molecule has 0 fully saturated rings. The Labute approximate surface area is 287 Å². The van der Waals surface area contributed by atoms with E-state index in [0.717, 1.165) is 22.5 Å². The molecule has 1 aromatic heterocycles. The second-order valence-corrected chi connectivity index (χ2v) is 10.8. The van der Waals surface area contributed by atoms with Crippen LogP contribution < -0.4 is 49.0 Å². The van der Waals surface area contributed by atoms with E-state index in [-0.39, 0.29) is 41.0 Å². The maximum Gasteiger partial charge on any atom is 1.00 e. The molecule has 0 aliphatic carbocycles. The average molecular weight is 681 g/mol. The van der Waals surface area contributed by atoms with Crippen molar-refractivity contribution in [2.45, 2.75) is 33.4 Å². The normalized spacial score (nSPS) is 10.7. The second kappa shape index (κ2) is 18.1. The van der Waals surface area contributed by atoms with Crippen LogP contribution >= 0.6 is 46.1 Å². The number of aryl methyl sites for hydroxylation is 2. The number of carbonyl (C=O) groups excluding carboxylic acids is 1. The minimum Gasteiger partial charge on any atom is -0.546 e. The van der Waals surface area contributed by atoms with Crippen molar-refractivity contribution in [1.29, 1.82) is 0 Å². The SMILES string of the molecule is Cc1cc(Cl)ccc1OC(C)C(=O)O.Cc1cc(Cl)ccc1OCC(=O)[O-].O=C(O)Cn1c(=O)sc2cccc(Cl)c21.[Na+]. The number of benzene rings is 3. The van der Waals surface area contributed by atoms with Crippen molar-refractivity contribution in [3.8, 4) is 11.5 Å². The number of carbonyl (C=O) groups is 3. The van der Waals surface area contributed by atoms with Gasteiger partial charge in [-0.2, -0.15) is 0 Å². The Morgan fingerprint density at radius 1 is 0.953 bits per heavy atom. The minimum atomic E-state index is -1.24. The molecule has 15 heteroatoms. The van der Waals surface area contributed by atoms with Crippen molar-refractivity contribution in [3.63, 3.8) is 0 Å². The summed E-state index contributed by atoms with van der Waals surface area (Å²) in [7, 11) is 0. The predicted octanol–water partition coefficient (Wildman–Crippen LogP) is 2.08. The number of hydrogen-bond donors (Lipinski definition) is 2. The van der Waals surface area contributed by atoms with E-state index >= 15 is 0 Å². The van der Waals surface area contributed by atoms with Gasteiger partial charge >= 0.3 is 46.4 Å². The van der Waals surface area contributed by atoms with Crippen LogP contribution in [0, 0.1) is 13.8 Å². The van der Waals surface area contributed by atoms with E-state index in [1.165, 1.54) is 11.5 Å². The smallest absolute Gasteiger partial charge is 0.546 e. The Bertz CT molecular complexity index is 1640. The molecule has 0 saturated carbocycles. The summed E-state index contributed by atoms with van der Waals surface area (Å²) < 4.78 is 12.0. The van der Waals surface area contributed by atoms with E-state index in [9.17, 15) is 24.3 Å². The molecule has 10 nitrogen and oxygen atoms in total. The number of carboxylic acid groups (broad SMARTS) is 3. The topological polar surface area (TPSA) is 155 Å². The van der Waals surface area contributed by atoms with E-state index in [0.29, 0.717) is 36.8 Å². The summed E-state index contributed by atoms with van der Waals surface area (Å²) in [6.45, 7) is 4.29. The molecule has 0 saturated heterocycles. The van der Waals surface area contributed by atoms with Gasteiger partial charge in [0.05, 0.1) is 21.2 Å². The second-order valence-electron chi connectivity index (χ2n) is 8.51. The van der Waals surface area contributed by atoms with E-state index in [1.807, 2.05) is 6.92 Å². The number of aliphatic carboxylic acids is 3. The standard InChI is InChI=1S/C10H11ClO3.C9H6ClNO3S.C9H9ClO3.Na/c1-6-5-8(11)3-4-9(6)14-7(2)10(12)13;10-5-2-1-3-6-8(5)11(4-7(12)13)9(14)15-6;1-6-4-7(10)2-3-8(6)13-5-9(11)12;/h3-5,7H,1-2H3,(H,12,13);1-3H,4H2,(H,12,13);2-4H,5H2,1H3,(H,11,12);/q;;;+1/p-1. The molecule has 0 bridgehead atoms. The van der Waals surface area contributed by atoms with Crippen LogP contribution in [0.1, 0.15) is 18.1 Å². The molecular weight excluding hydrogens is 656 g/mol. The molecule has 0 radical (unpaired) electrons. The maximum atomic E-state index is 11.5. The summed E-state index contributed by atoms with van der Waals surface area (Å²) in [4.78, 5) is 42.4. The number of rotatable bonds is 8.